The van der Waals surface area contributed by atoms with E-state index in [1.165, 1.54) is 11.1 Å². The van der Waals surface area contributed by atoms with Crippen LogP contribution in [0.1, 0.15) is 27.0 Å². The first-order valence-corrected chi connectivity index (χ1v) is 9.98. The second kappa shape index (κ2) is 8.91. The van der Waals surface area contributed by atoms with Crippen LogP contribution in [0.3, 0.4) is 0 Å². The monoisotopic (exact) mass is 403 g/mol. The molecule has 0 saturated heterocycles. The van der Waals surface area contributed by atoms with E-state index in [0.717, 1.165) is 18.5 Å². The topological polar surface area (TPSA) is 48.0 Å². The first kappa shape index (κ1) is 19.8. The van der Waals surface area contributed by atoms with Crippen LogP contribution in [0.4, 0.5) is 0 Å². The van der Waals surface area contributed by atoms with E-state index in [4.69, 9.17) is 14.2 Å². The summed E-state index contributed by atoms with van der Waals surface area (Å²) < 4.78 is 16.8. The number of ether oxygens (including phenoxy) is 3. The van der Waals surface area contributed by atoms with E-state index in [9.17, 15) is 4.79 Å². The summed E-state index contributed by atoms with van der Waals surface area (Å²) in [5.74, 6) is 2.01. The zero-order valence-corrected chi connectivity index (χ0v) is 17.3. The number of benzene rings is 3. The van der Waals surface area contributed by atoms with Gasteiger partial charge in [0, 0.05) is 24.2 Å². The van der Waals surface area contributed by atoms with Gasteiger partial charge in [-0.3, -0.25) is 4.79 Å². The Kier molecular flexibility index (Phi) is 5.89. The molecule has 0 bridgehead atoms. The van der Waals surface area contributed by atoms with E-state index in [1.807, 2.05) is 59.5 Å². The largest absolute Gasteiger partial charge is 0.496 e. The predicted molar refractivity (Wildman–Crippen MR) is 115 cm³/mol. The third kappa shape index (κ3) is 4.10. The lowest BCUT2D eigenvalue weighted by molar-refractivity contribution is 0.0734. The minimum atomic E-state index is 0.0192. The van der Waals surface area contributed by atoms with Crippen molar-refractivity contribution in [3.8, 4) is 17.2 Å². The summed E-state index contributed by atoms with van der Waals surface area (Å²) in [5.41, 5.74) is 3.98. The molecule has 3 aromatic carbocycles. The normalized spacial score (nSPS) is 12.8. The van der Waals surface area contributed by atoms with Crippen molar-refractivity contribution >= 4 is 5.91 Å². The molecule has 0 aliphatic carbocycles. The number of amides is 1. The van der Waals surface area contributed by atoms with Gasteiger partial charge in [-0.2, -0.15) is 0 Å². The maximum absolute atomic E-state index is 13.2. The average molecular weight is 403 g/mol. The van der Waals surface area contributed by atoms with Gasteiger partial charge in [0.1, 0.15) is 12.4 Å². The highest BCUT2D eigenvalue weighted by molar-refractivity contribution is 5.94. The molecular weight excluding hydrogens is 378 g/mol. The van der Waals surface area contributed by atoms with Crippen LogP contribution in [0.15, 0.2) is 66.7 Å². The van der Waals surface area contributed by atoms with Crippen molar-refractivity contribution in [3.63, 3.8) is 0 Å². The molecule has 4 rings (SSSR count). The Bertz CT molecular complexity index is 1050. The van der Waals surface area contributed by atoms with Gasteiger partial charge in [0.2, 0.25) is 0 Å². The second-order valence-corrected chi connectivity index (χ2v) is 7.21. The lowest BCUT2D eigenvalue weighted by atomic mass is 9.99. The minimum absolute atomic E-state index is 0.0192. The SMILES string of the molecule is COc1ccc(C(=O)N2CCc3ccccc3C2)cc1COc1ccccc1OC. The van der Waals surface area contributed by atoms with Gasteiger partial charge in [-0.25, -0.2) is 0 Å². The van der Waals surface area contributed by atoms with Crippen molar-refractivity contribution in [2.45, 2.75) is 19.6 Å². The lowest BCUT2D eigenvalue weighted by Gasteiger charge is -2.29. The Morgan fingerprint density at radius 2 is 1.57 bits per heavy atom. The number of hydrogen-bond donors (Lipinski definition) is 0. The highest BCUT2D eigenvalue weighted by Gasteiger charge is 2.22. The maximum atomic E-state index is 13.2. The second-order valence-electron chi connectivity index (χ2n) is 7.21. The van der Waals surface area contributed by atoms with E-state index in [-0.39, 0.29) is 12.5 Å². The standard InChI is InChI=1S/C25H25NO4/c1-28-22-12-11-19(15-21(22)17-30-24-10-6-5-9-23(24)29-2)25(27)26-14-13-18-7-3-4-8-20(18)16-26/h3-12,15H,13-14,16-17H2,1-2H3. The molecule has 0 fully saturated rings. The summed E-state index contributed by atoms with van der Waals surface area (Å²) in [5, 5.41) is 0. The van der Waals surface area contributed by atoms with Gasteiger partial charge in [0.05, 0.1) is 14.2 Å². The fourth-order valence-electron chi connectivity index (χ4n) is 3.77. The van der Waals surface area contributed by atoms with Gasteiger partial charge in [-0.05, 0) is 47.9 Å². The molecule has 3 aromatic rings. The molecule has 0 aromatic heterocycles. The molecule has 1 heterocycles. The molecule has 0 spiro atoms. The van der Waals surface area contributed by atoms with E-state index in [2.05, 4.69) is 12.1 Å². The molecule has 1 aliphatic heterocycles. The van der Waals surface area contributed by atoms with Crippen LogP contribution < -0.4 is 14.2 Å². The number of fused-ring (bicyclic) bond motifs is 1. The molecule has 0 unspecified atom stereocenters. The zero-order valence-electron chi connectivity index (χ0n) is 17.3. The van der Waals surface area contributed by atoms with E-state index >= 15 is 0 Å². The molecule has 0 radical (unpaired) electrons. The molecule has 30 heavy (non-hydrogen) atoms. The molecule has 0 N–H and O–H groups in total. The highest BCUT2D eigenvalue weighted by Crippen LogP contribution is 2.29. The fraction of sp³-hybridized carbons (Fsp3) is 0.240. The summed E-state index contributed by atoms with van der Waals surface area (Å²) in [6, 6.07) is 21.3. The van der Waals surface area contributed by atoms with Crippen LogP contribution in [0.25, 0.3) is 0 Å². The number of nitrogens with zero attached hydrogens (tertiary/aromatic N) is 1. The van der Waals surface area contributed by atoms with Crippen LogP contribution in [-0.4, -0.2) is 31.6 Å². The predicted octanol–water partition coefficient (Wildman–Crippen LogP) is 4.48. The molecule has 154 valence electrons. The smallest absolute Gasteiger partial charge is 0.254 e. The summed E-state index contributed by atoms with van der Waals surface area (Å²) in [6.07, 6.45) is 0.877. The van der Waals surface area contributed by atoms with Gasteiger partial charge in [0.15, 0.2) is 11.5 Å². The number of hydrogen-bond acceptors (Lipinski definition) is 4. The molecule has 1 amide bonds. The van der Waals surface area contributed by atoms with E-state index < -0.39 is 0 Å². The molecular formula is C25H25NO4. The zero-order chi connectivity index (χ0) is 20.9. The van der Waals surface area contributed by atoms with Crippen molar-refractivity contribution in [1.29, 1.82) is 0 Å². The van der Waals surface area contributed by atoms with Crippen LogP contribution in [0.5, 0.6) is 17.2 Å². The van der Waals surface area contributed by atoms with Crippen molar-refractivity contribution < 1.29 is 19.0 Å². The van der Waals surface area contributed by atoms with Crippen molar-refractivity contribution in [2.24, 2.45) is 0 Å². The maximum Gasteiger partial charge on any atom is 0.254 e. The summed E-state index contributed by atoms with van der Waals surface area (Å²) >= 11 is 0. The first-order chi connectivity index (χ1) is 14.7. The van der Waals surface area contributed by atoms with Crippen molar-refractivity contribution in [3.05, 3.63) is 89.0 Å². The fourth-order valence-corrected chi connectivity index (χ4v) is 3.77. The lowest BCUT2D eigenvalue weighted by Crippen LogP contribution is -2.36. The van der Waals surface area contributed by atoms with E-state index in [1.54, 1.807) is 14.2 Å². The quantitative estimate of drug-likeness (QED) is 0.609. The summed E-state index contributed by atoms with van der Waals surface area (Å²) in [6.45, 7) is 1.62. The molecule has 5 heteroatoms. The van der Waals surface area contributed by atoms with Crippen LogP contribution in [0.2, 0.25) is 0 Å². The molecule has 5 nitrogen and oxygen atoms in total. The Morgan fingerprint density at radius 1 is 0.867 bits per heavy atom. The Morgan fingerprint density at radius 3 is 2.33 bits per heavy atom. The number of carbonyl (C=O) groups is 1. The first-order valence-electron chi connectivity index (χ1n) is 9.98. The van der Waals surface area contributed by atoms with Crippen molar-refractivity contribution in [1.82, 2.24) is 4.90 Å². The number of methoxy groups -OCH3 is 2. The summed E-state index contributed by atoms with van der Waals surface area (Å²) in [4.78, 5) is 15.1. The third-order valence-electron chi connectivity index (χ3n) is 5.40. The Hall–Kier alpha value is -3.47. The van der Waals surface area contributed by atoms with Crippen molar-refractivity contribution in [2.75, 3.05) is 20.8 Å². The average Bonchev–Trinajstić information content (AvgIpc) is 2.81. The Balaban J connectivity index is 1.53. The van der Waals surface area contributed by atoms with Crippen LogP contribution in [0, 0.1) is 0 Å². The molecule has 0 atom stereocenters. The minimum Gasteiger partial charge on any atom is -0.496 e. The van der Waals surface area contributed by atoms with Gasteiger partial charge < -0.3 is 19.1 Å². The van der Waals surface area contributed by atoms with Gasteiger partial charge >= 0.3 is 0 Å². The van der Waals surface area contributed by atoms with E-state index in [0.29, 0.717) is 29.4 Å². The third-order valence-corrected chi connectivity index (χ3v) is 5.40. The number of para-hydroxylation sites is 2. The Labute approximate surface area is 176 Å². The van der Waals surface area contributed by atoms with Gasteiger partial charge in [-0.1, -0.05) is 36.4 Å². The van der Waals surface area contributed by atoms with Crippen LogP contribution >= 0.6 is 0 Å². The number of carbonyl (C=O) groups excluding carboxylic acids is 1. The molecule has 1 aliphatic rings. The molecule has 0 saturated carbocycles. The van der Waals surface area contributed by atoms with Gasteiger partial charge in [0.25, 0.3) is 5.91 Å². The number of rotatable bonds is 6. The summed E-state index contributed by atoms with van der Waals surface area (Å²) in [7, 11) is 3.23. The van der Waals surface area contributed by atoms with Crippen LogP contribution in [-0.2, 0) is 19.6 Å². The van der Waals surface area contributed by atoms with Gasteiger partial charge in [-0.15, -0.1) is 0 Å². The highest BCUT2D eigenvalue weighted by atomic mass is 16.5.